The van der Waals surface area contributed by atoms with Gasteiger partial charge in [0.1, 0.15) is 0 Å². The first-order valence-electron chi connectivity index (χ1n) is 7.61. The first-order valence-corrected chi connectivity index (χ1v) is 8.37. The summed E-state index contributed by atoms with van der Waals surface area (Å²) in [5, 5.41) is -1.96. The third-order valence-corrected chi connectivity index (χ3v) is 4.23. The van der Waals surface area contributed by atoms with E-state index in [-0.39, 0.29) is 33.4 Å². The SMILES string of the molecule is COC(=O)c1c(C(=O)Cl)cccc1C(=O)c1cccc(C(=O)Cl)c1C(=O)OC. The van der Waals surface area contributed by atoms with Crippen molar-refractivity contribution in [3.63, 3.8) is 0 Å². The molecule has 2 aromatic carbocycles. The summed E-state index contributed by atoms with van der Waals surface area (Å²) in [5.41, 5.74) is -1.72. The van der Waals surface area contributed by atoms with Gasteiger partial charge in [-0.3, -0.25) is 14.4 Å². The molecular formula is C19H12Cl2O7. The van der Waals surface area contributed by atoms with Crippen molar-refractivity contribution < 1.29 is 33.4 Å². The number of hydrogen-bond donors (Lipinski definition) is 0. The number of ketones is 1. The molecule has 2 rings (SSSR count). The fourth-order valence-electron chi connectivity index (χ4n) is 2.60. The predicted molar refractivity (Wildman–Crippen MR) is 99.4 cm³/mol. The van der Waals surface area contributed by atoms with Gasteiger partial charge in [-0.15, -0.1) is 0 Å². The third kappa shape index (κ3) is 3.95. The van der Waals surface area contributed by atoms with E-state index in [1.807, 2.05) is 0 Å². The molecule has 0 unspecified atom stereocenters. The summed E-state index contributed by atoms with van der Waals surface area (Å²) >= 11 is 11.0. The topological polar surface area (TPSA) is 104 Å². The molecule has 0 radical (unpaired) electrons. The first kappa shape index (κ1) is 21.3. The van der Waals surface area contributed by atoms with Crippen molar-refractivity contribution in [2.24, 2.45) is 0 Å². The Hall–Kier alpha value is -3.03. The molecule has 0 heterocycles. The molecular weight excluding hydrogens is 411 g/mol. The lowest BCUT2D eigenvalue weighted by molar-refractivity contribution is 0.0590. The molecule has 9 heteroatoms. The van der Waals surface area contributed by atoms with Crippen LogP contribution in [0.4, 0.5) is 0 Å². The minimum atomic E-state index is -0.979. The summed E-state index contributed by atoms with van der Waals surface area (Å²) in [6.07, 6.45) is 0. The maximum absolute atomic E-state index is 13.2. The lowest BCUT2D eigenvalue weighted by Crippen LogP contribution is -2.19. The van der Waals surface area contributed by atoms with Crippen molar-refractivity contribution in [3.8, 4) is 0 Å². The van der Waals surface area contributed by atoms with E-state index in [1.54, 1.807) is 0 Å². The Bertz CT molecular complexity index is 932. The van der Waals surface area contributed by atoms with Crippen LogP contribution in [0, 0.1) is 0 Å². The van der Waals surface area contributed by atoms with Crippen LogP contribution in [-0.4, -0.2) is 42.4 Å². The Morgan fingerprint density at radius 3 is 1.25 bits per heavy atom. The van der Waals surface area contributed by atoms with Crippen molar-refractivity contribution in [2.45, 2.75) is 0 Å². The van der Waals surface area contributed by atoms with Crippen molar-refractivity contribution >= 4 is 51.4 Å². The van der Waals surface area contributed by atoms with Gasteiger partial charge in [0, 0.05) is 22.3 Å². The maximum Gasteiger partial charge on any atom is 0.339 e. The van der Waals surface area contributed by atoms with E-state index in [4.69, 9.17) is 23.2 Å². The molecule has 0 aliphatic rings. The number of esters is 2. The maximum atomic E-state index is 13.2. The van der Waals surface area contributed by atoms with Crippen LogP contribution < -0.4 is 0 Å². The minimum absolute atomic E-state index is 0.247. The van der Waals surface area contributed by atoms with Crippen molar-refractivity contribution in [2.75, 3.05) is 14.2 Å². The summed E-state index contributed by atoms with van der Waals surface area (Å²) < 4.78 is 9.29. The summed E-state index contributed by atoms with van der Waals surface area (Å²) in [4.78, 5) is 60.9. The number of benzene rings is 2. The van der Waals surface area contributed by atoms with Crippen LogP contribution in [0.2, 0.25) is 0 Å². The van der Waals surface area contributed by atoms with Gasteiger partial charge >= 0.3 is 11.9 Å². The Morgan fingerprint density at radius 1 is 0.643 bits per heavy atom. The second-order valence-electron chi connectivity index (χ2n) is 5.32. The predicted octanol–water partition coefficient (Wildman–Crippen LogP) is 3.25. The van der Waals surface area contributed by atoms with E-state index in [1.165, 1.54) is 36.4 Å². The normalized spacial score (nSPS) is 10.1. The zero-order valence-electron chi connectivity index (χ0n) is 14.6. The largest absolute Gasteiger partial charge is 0.465 e. The van der Waals surface area contributed by atoms with E-state index in [2.05, 4.69) is 9.47 Å². The minimum Gasteiger partial charge on any atom is -0.465 e. The molecule has 0 atom stereocenters. The van der Waals surface area contributed by atoms with Crippen molar-refractivity contribution in [3.05, 3.63) is 69.8 Å². The molecule has 0 amide bonds. The van der Waals surface area contributed by atoms with Gasteiger partial charge < -0.3 is 9.47 Å². The van der Waals surface area contributed by atoms with E-state index >= 15 is 0 Å². The Balaban J connectivity index is 2.82. The number of ether oxygens (including phenoxy) is 2. The van der Waals surface area contributed by atoms with Crippen LogP contribution in [0.1, 0.15) is 57.4 Å². The molecule has 0 aliphatic heterocycles. The molecule has 7 nitrogen and oxygen atoms in total. The van der Waals surface area contributed by atoms with Crippen LogP contribution >= 0.6 is 23.2 Å². The second-order valence-corrected chi connectivity index (χ2v) is 6.00. The summed E-state index contributed by atoms with van der Waals surface area (Å²) in [5.74, 6) is -2.78. The summed E-state index contributed by atoms with van der Waals surface area (Å²) in [6.45, 7) is 0. The van der Waals surface area contributed by atoms with Gasteiger partial charge in [0.15, 0.2) is 5.78 Å². The Morgan fingerprint density at radius 2 is 0.964 bits per heavy atom. The third-order valence-electron chi connectivity index (χ3n) is 3.82. The van der Waals surface area contributed by atoms with Gasteiger partial charge in [-0.2, -0.15) is 0 Å². The molecule has 2 aromatic rings. The fourth-order valence-corrected chi connectivity index (χ4v) is 2.91. The van der Waals surface area contributed by atoms with E-state index < -0.39 is 28.2 Å². The van der Waals surface area contributed by atoms with E-state index in [0.29, 0.717) is 0 Å². The van der Waals surface area contributed by atoms with Gasteiger partial charge in [0.2, 0.25) is 0 Å². The molecule has 0 fully saturated rings. The molecule has 0 aliphatic carbocycles. The standard InChI is InChI=1S/C19H12Cl2O7/c1-27-18(25)13-9(5-3-7-11(13)16(20)23)15(22)10-6-4-8-12(17(21)24)14(10)19(26)28-2/h3-8H,1-2H3. The molecule has 0 N–H and O–H groups in total. The van der Waals surface area contributed by atoms with Gasteiger partial charge in [0.05, 0.1) is 25.3 Å². The fraction of sp³-hybridized carbons (Fsp3) is 0.105. The quantitative estimate of drug-likeness (QED) is 0.399. The smallest absolute Gasteiger partial charge is 0.339 e. The highest BCUT2D eigenvalue weighted by molar-refractivity contribution is 6.68. The Labute approximate surface area is 169 Å². The van der Waals surface area contributed by atoms with Gasteiger partial charge in [-0.05, 0) is 35.3 Å². The highest BCUT2D eigenvalue weighted by Crippen LogP contribution is 2.25. The molecule has 0 aromatic heterocycles. The molecule has 144 valence electrons. The number of carbonyl (C=O) groups is 5. The number of methoxy groups -OCH3 is 2. The second kappa shape index (κ2) is 8.77. The molecule has 28 heavy (non-hydrogen) atoms. The van der Waals surface area contributed by atoms with Gasteiger partial charge in [-0.1, -0.05) is 24.3 Å². The lowest BCUT2D eigenvalue weighted by Gasteiger charge is -2.13. The van der Waals surface area contributed by atoms with Crippen LogP contribution in [0.25, 0.3) is 0 Å². The lowest BCUT2D eigenvalue weighted by atomic mass is 9.91. The van der Waals surface area contributed by atoms with Crippen LogP contribution in [0.3, 0.4) is 0 Å². The number of carbonyl (C=O) groups excluding carboxylic acids is 5. The van der Waals surface area contributed by atoms with Gasteiger partial charge in [0.25, 0.3) is 10.5 Å². The van der Waals surface area contributed by atoms with Gasteiger partial charge in [-0.25, -0.2) is 9.59 Å². The summed E-state index contributed by atoms with van der Waals surface area (Å²) in [7, 11) is 2.14. The van der Waals surface area contributed by atoms with Crippen LogP contribution in [-0.2, 0) is 9.47 Å². The highest BCUT2D eigenvalue weighted by Gasteiger charge is 2.29. The van der Waals surface area contributed by atoms with Crippen molar-refractivity contribution in [1.82, 2.24) is 0 Å². The van der Waals surface area contributed by atoms with E-state index in [9.17, 15) is 24.0 Å². The summed E-state index contributed by atoms with van der Waals surface area (Å²) in [6, 6.07) is 7.69. The molecule has 0 saturated heterocycles. The zero-order chi connectivity index (χ0) is 21.0. The number of rotatable bonds is 6. The zero-order valence-corrected chi connectivity index (χ0v) is 16.1. The number of hydrogen-bond acceptors (Lipinski definition) is 7. The van der Waals surface area contributed by atoms with E-state index in [0.717, 1.165) is 14.2 Å². The average Bonchev–Trinajstić information content (AvgIpc) is 2.70. The monoisotopic (exact) mass is 422 g/mol. The average molecular weight is 423 g/mol. The van der Waals surface area contributed by atoms with Crippen LogP contribution in [0.5, 0.6) is 0 Å². The van der Waals surface area contributed by atoms with Crippen LogP contribution in [0.15, 0.2) is 36.4 Å². The number of halogens is 2. The molecule has 0 bridgehead atoms. The first-order chi connectivity index (χ1) is 13.2. The van der Waals surface area contributed by atoms with Crippen molar-refractivity contribution in [1.29, 1.82) is 0 Å². The molecule has 0 saturated carbocycles. The molecule has 0 spiro atoms. The Kier molecular flexibility index (Phi) is 6.66. The highest BCUT2D eigenvalue weighted by atomic mass is 35.5.